The molecule has 166 valence electrons. The van der Waals surface area contributed by atoms with Gasteiger partial charge in [0.2, 0.25) is 5.95 Å². The fraction of sp³-hybridized carbons (Fsp3) is 0.143. The van der Waals surface area contributed by atoms with Gasteiger partial charge in [0.05, 0.1) is 16.8 Å². The maximum atomic E-state index is 13.8. The Balaban J connectivity index is 1.37. The molecule has 1 aliphatic heterocycles. The highest BCUT2D eigenvalue weighted by atomic mass is 16.2. The second-order valence-corrected chi connectivity index (χ2v) is 8.43. The summed E-state index contributed by atoms with van der Waals surface area (Å²) < 4.78 is 0. The molecule has 1 fully saturated rings. The lowest BCUT2D eigenvalue weighted by Crippen LogP contribution is -2.49. The number of amides is 1. The van der Waals surface area contributed by atoms with Gasteiger partial charge in [-0.1, -0.05) is 60.7 Å². The van der Waals surface area contributed by atoms with Gasteiger partial charge in [-0.15, -0.1) is 0 Å². The van der Waals surface area contributed by atoms with Crippen molar-refractivity contribution in [3.8, 4) is 11.3 Å². The molecule has 6 rings (SSSR count). The summed E-state index contributed by atoms with van der Waals surface area (Å²) in [5.41, 5.74) is 3.37. The van der Waals surface area contributed by atoms with Crippen molar-refractivity contribution in [2.24, 2.45) is 0 Å². The summed E-state index contributed by atoms with van der Waals surface area (Å²) in [4.78, 5) is 31.4. The zero-order valence-electron chi connectivity index (χ0n) is 18.6. The maximum Gasteiger partial charge on any atom is 0.254 e. The van der Waals surface area contributed by atoms with Gasteiger partial charge in [-0.2, -0.15) is 0 Å². The molecule has 0 N–H and O–H groups in total. The van der Waals surface area contributed by atoms with Crippen molar-refractivity contribution in [2.45, 2.75) is 0 Å². The minimum Gasteiger partial charge on any atom is -0.337 e. The van der Waals surface area contributed by atoms with E-state index in [2.05, 4.69) is 39.1 Å². The normalized spacial score (nSPS) is 14.0. The van der Waals surface area contributed by atoms with Crippen LogP contribution in [-0.2, 0) is 0 Å². The van der Waals surface area contributed by atoms with Gasteiger partial charge in [0, 0.05) is 49.5 Å². The fourth-order valence-corrected chi connectivity index (χ4v) is 4.67. The smallest absolute Gasteiger partial charge is 0.254 e. The standard InChI is InChI=1S/C28H23N5O/c34-27(32-15-17-33(18-16-32)28-29-13-6-14-30-28)24-19-26(31-25-12-4-3-10-23(24)25)22-11-5-8-20-7-1-2-9-21(20)22/h1-14,19H,15-18H2. The van der Waals surface area contributed by atoms with E-state index < -0.39 is 0 Å². The Morgan fingerprint density at radius 2 is 1.44 bits per heavy atom. The molecule has 1 amide bonds. The molecule has 6 heteroatoms. The molecule has 0 atom stereocenters. The van der Waals surface area contributed by atoms with Crippen LogP contribution in [0.15, 0.2) is 91.3 Å². The largest absolute Gasteiger partial charge is 0.337 e. The summed E-state index contributed by atoms with van der Waals surface area (Å²) in [7, 11) is 0. The second kappa shape index (κ2) is 8.56. The number of benzene rings is 3. The van der Waals surface area contributed by atoms with E-state index in [0.29, 0.717) is 37.7 Å². The number of aromatic nitrogens is 3. The molecule has 6 nitrogen and oxygen atoms in total. The van der Waals surface area contributed by atoms with E-state index >= 15 is 0 Å². The summed E-state index contributed by atoms with van der Waals surface area (Å²) in [5, 5.41) is 3.16. The number of carbonyl (C=O) groups is 1. The Morgan fingerprint density at radius 3 is 2.26 bits per heavy atom. The number of rotatable bonds is 3. The molecule has 0 aliphatic carbocycles. The third kappa shape index (κ3) is 3.63. The molecular formula is C28H23N5O. The molecule has 1 saturated heterocycles. The second-order valence-electron chi connectivity index (χ2n) is 8.43. The van der Waals surface area contributed by atoms with Gasteiger partial charge in [-0.3, -0.25) is 4.79 Å². The predicted octanol–water partition coefficient (Wildman–Crippen LogP) is 4.81. The first kappa shape index (κ1) is 20.3. The molecule has 0 spiro atoms. The lowest BCUT2D eigenvalue weighted by Gasteiger charge is -2.34. The topological polar surface area (TPSA) is 62.2 Å². The Kier molecular flexibility index (Phi) is 5.11. The molecule has 3 heterocycles. The number of para-hydroxylation sites is 1. The summed E-state index contributed by atoms with van der Waals surface area (Å²) in [6.07, 6.45) is 3.50. The quantitative estimate of drug-likeness (QED) is 0.399. The van der Waals surface area contributed by atoms with Gasteiger partial charge >= 0.3 is 0 Å². The van der Waals surface area contributed by atoms with Crippen LogP contribution in [-0.4, -0.2) is 51.9 Å². The first-order valence-corrected chi connectivity index (χ1v) is 11.5. The van der Waals surface area contributed by atoms with Crippen molar-refractivity contribution >= 4 is 33.5 Å². The van der Waals surface area contributed by atoms with E-state index in [-0.39, 0.29) is 5.91 Å². The molecule has 2 aromatic heterocycles. The van der Waals surface area contributed by atoms with Crippen molar-refractivity contribution in [3.05, 3.63) is 96.8 Å². The fourth-order valence-electron chi connectivity index (χ4n) is 4.67. The van der Waals surface area contributed by atoms with Crippen molar-refractivity contribution < 1.29 is 4.79 Å². The van der Waals surface area contributed by atoms with Crippen LogP contribution in [0.2, 0.25) is 0 Å². The van der Waals surface area contributed by atoms with E-state index in [1.807, 2.05) is 59.5 Å². The first-order chi connectivity index (χ1) is 16.8. The molecular weight excluding hydrogens is 422 g/mol. The predicted molar refractivity (Wildman–Crippen MR) is 135 cm³/mol. The highest BCUT2D eigenvalue weighted by Crippen LogP contribution is 2.31. The molecule has 0 unspecified atom stereocenters. The zero-order valence-corrected chi connectivity index (χ0v) is 18.6. The number of hydrogen-bond donors (Lipinski definition) is 0. The Hall–Kier alpha value is -4.32. The summed E-state index contributed by atoms with van der Waals surface area (Å²) in [6.45, 7) is 2.65. The van der Waals surface area contributed by atoms with Gasteiger partial charge in [-0.05, 0) is 29.0 Å². The van der Waals surface area contributed by atoms with E-state index in [1.54, 1.807) is 12.4 Å². The van der Waals surface area contributed by atoms with Gasteiger partial charge in [0.15, 0.2) is 0 Å². The Labute approximate surface area is 197 Å². The average Bonchev–Trinajstić information content (AvgIpc) is 2.92. The maximum absolute atomic E-state index is 13.8. The van der Waals surface area contributed by atoms with Crippen LogP contribution in [0.1, 0.15) is 10.4 Å². The highest BCUT2D eigenvalue weighted by Gasteiger charge is 2.25. The summed E-state index contributed by atoms with van der Waals surface area (Å²) in [5.74, 6) is 0.746. The first-order valence-electron chi connectivity index (χ1n) is 11.5. The number of pyridine rings is 1. The monoisotopic (exact) mass is 445 g/mol. The van der Waals surface area contributed by atoms with E-state index in [9.17, 15) is 4.79 Å². The van der Waals surface area contributed by atoms with Gasteiger partial charge in [0.1, 0.15) is 0 Å². The number of carbonyl (C=O) groups excluding carboxylic acids is 1. The molecule has 1 aliphatic rings. The minimum absolute atomic E-state index is 0.0358. The average molecular weight is 446 g/mol. The Morgan fingerprint density at radius 1 is 0.735 bits per heavy atom. The van der Waals surface area contributed by atoms with Crippen LogP contribution in [0.4, 0.5) is 5.95 Å². The SMILES string of the molecule is O=C(c1cc(-c2cccc3ccccc23)nc2ccccc12)N1CCN(c2ncccn2)CC1. The number of nitrogens with zero attached hydrogens (tertiary/aromatic N) is 5. The molecule has 0 radical (unpaired) electrons. The molecule has 5 aromatic rings. The third-order valence-corrected chi connectivity index (χ3v) is 6.41. The van der Waals surface area contributed by atoms with Crippen molar-refractivity contribution in [1.29, 1.82) is 0 Å². The highest BCUT2D eigenvalue weighted by molar-refractivity contribution is 6.08. The third-order valence-electron chi connectivity index (χ3n) is 6.41. The summed E-state index contributed by atoms with van der Waals surface area (Å²) >= 11 is 0. The van der Waals surface area contributed by atoms with Crippen LogP contribution < -0.4 is 4.90 Å². The van der Waals surface area contributed by atoms with Crippen LogP contribution in [0.3, 0.4) is 0 Å². The lowest BCUT2D eigenvalue weighted by molar-refractivity contribution is 0.0748. The van der Waals surface area contributed by atoms with E-state index in [4.69, 9.17) is 4.98 Å². The van der Waals surface area contributed by atoms with Crippen molar-refractivity contribution in [2.75, 3.05) is 31.1 Å². The number of anilines is 1. The molecule has 0 bridgehead atoms. The van der Waals surface area contributed by atoms with Gasteiger partial charge in [0.25, 0.3) is 5.91 Å². The van der Waals surface area contributed by atoms with Crippen LogP contribution >= 0.6 is 0 Å². The van der Waals surface area contributed by atoms with E-state index in [1.165, 1.54) is 0 Å². The van der Waals surface area contributed by atoms with Crippen molar-refractivity contribution in [1.82, 2.24) is 19.9 Å². The molecule has 0 saturated carbocycles. The minimum atomic E-state index is 0.0358. The lowest BCUT2D eigenvalue weighted by atomic mass is 9.98. The van der Waals surface area contributed by atoms with Gasteiger partial charge < -0.3 is 9.80 Å². The number of hydrogen-bond acceptors (Lipinski definition) is 5. The number of fused-ring (bicyclic) bond motifs is 2. The molecule has 3 aromatic carbocycles. The number of piperazine rings is 1. The van der Waals surface area contributed by atoms with Crippen molar-refractivity contribution in [3.63, 3.8) is 0 Å². The van der Waals surface area contributed by atoms with Crippen LogP contribution in [0.25, 0.3) is 32.9 Å². The molecule has 34 heavy (non-hydrogen) atoms. The van der Waals surface area contributed by atoms with Gasteiger partial charge in [-0.25, -0.2) is 15.0 Å². The summed E-state index contributed by atoms with van der Waals surface area (Å²) in [6, 6.07) is 26.2. The zero-order chi connectivity index (χ0) is 22.9. The van der Waals surface area contributed by atoms with Crippen LogP contribution in [0.5, 0.6) is 0 Å². The van der Waals surface area contributed by atoms with Crippen LogP contribution in [0, 0.1) is 0 Å². The Bertz CT molecular complexity index is 1490. The van der Waals surface area contributed by atoms with E-state index in [0.717, 1.165) is 32.9 Å².